The predicted octanol–water partition coefficient (Wildman–Crippen LogP) is 1.92. The van der Waals surface area contributed by atoms with Gasteiger partial charge in [0.25, 0.3) is 0 Å². The van der Waals surface area contributed by atoms with Gasteiger partial charge in [-0.3, -0.25) is 19.4 Å². The summed E-state index contributed by atoms with van der Waals surface area (Å²) in [7, 11) is 0. The Morgan fingerprint density at radius 1 is 0.639 bits per heavy atom. The van der Waals surface area contributed by atoms with Gasteiger partial charge in [0.2, 0.25) is 11.8 Å². The summed E-state index contributed by atoms with van der Waals surface area (Å²) in [6, 6.07) is -2.90. The van der Waals surface area contributed by atoms with Crippen molar-refractivity contribution in [3.8, 4) is 0 Å². The Kier molecular flexibility index (Phi) is 34.1. The second-order valence-corrected chi connectivity index (χ2v) is 19.4. The van der Waals surface area contributed by atoms with E-state index in [1.807, 2.05) is 19.9 Å². The molecule has 2 fully saturated rings. The van der Waals surface area contributed by atoms with Gasteiger partial charge in [-0.15, -0.1) is 0 Å². The van der Waals surface area contributed by atoms with E-state index in [0.29, 0.717) is 58.3 Å². The molecule has 7 N–H and O–H groups in total. The van der Waals surface area contributed by atoms with E-state index < -0.39 is 65.5 Å². The molecule has 0 saturated carbocycles. The van der Waals surface area contributed by atoms with Crippen LogP contribution in [-0.2, 0) is 52.3 Å². The van der Waals surface area contributed by atoms with E-state index in [0.717, 1.165) is 38.8 Å². The van der Waals surface area contributed by atoms with E-state index in [1.54, 1.807) is 54.5 Å². The minimum Gasteiger partial charge on any atom is -0.553 e. The van der Waals surface area contributed by atoms with Crippen molar-refractivity contribution in [1.82, 2.24) is 31.1 Å². The average molecular weight is 1050 g/mol. The van der Waals surface area contributed by atoms with Crippen molar-refractivity contribution < 1.29 is 124 Å². The number of carbonyl (C=O) groups excluding carboxylic acids is 5. The van der Waals surface area contributed by atoms with Gasteiger partial charge in [0.1, 0.15) is 11.2 Å². The van der Waals surface area contributed by atoms with Crippen molar-refractivity contribution >= 4 is 35.9 Å². The van der Waals surface area contributed by atoms with Crippen LogP contribution >= 0.6 is 0 Å². The number of aliphatic carboxylic acids is 1. The summed E-state index contributed by atoms with van der Waals surface area (Å²) in [6.45, 7) is 25.4. The molecule has 4 amide bonds. The molecule has 22 nitrogen and oxygen atoms in total. The third kappa shape index (κ3) is 26.1. The first-order chi connectivity index (χ1) is 33.0. The fraction of sp³-hybridized carbons (Fsp3) is 0.796. The molecule has 0 bridgehead atoms. The number of nitrogens with zero attached hydrogens (tertiary/aromatic N) is 2. The average Bonchev–Trinajstić information content (AvgIpc) is 3.27. The summed E-state index contributed by atoms with van der Waals surface area (Å²) in [5, 5.41) is 27.6. The van der Waals surface area contributed by atoms with Crippen LogP contribution < -0.4 is 72.7 Å². The smallest absolute Gasteiger partial charge is 0.553 e. The van der Waals surface area contributed by atoms with Crippen LogP contribution in [0, 0.1) is 0 Å². The first-order valence-electron chi connectivity index (χ1n) is 24.5. The van der Waals surface area contributed by atoms with Gasteiger partial charge in [-0.1, -0.05) is 19.6 Å². The number of likely N-dealkylation sites (tertiary alicyclic amines) is 2. The molecule has 0 aromatic rings. The quantitative estimate of drug-likeness (QED) is 0.0354. The van der Waals surface area contributed by atoms with Crippen LogP contribution in [0.3, 0.4) is 0 Å². The molecule has 0 aromatic heterocycles. The zero-order chi connectivity index (χ0) is 52.6. The minimum absolute atomic E-state index is 0. The van der Waals surface area contributed by atoms with Crippen LogP contribution in [0.2, 0.25) is 0 Å². The van der Waals surface area contributed by atoms with E-state index in [4.69, 9.17) is 44.3 Å². The van der Waals surface area contributed by atoms with Gasteiger partial charge in [-0.25, -0.2) is 19.2 Å². The molecule has 0 radical (unpaired) electrons. The molecule has 2 aliphatic heterocycles. The number of rotatable bonds is 19. The van der Waals surface area contributed by atoms with Crippen molar-refractivity contribution in [2.75, 3.05) is 72.4 Å². The Hall–Kier alpha value is -2.78. The third-order valence-corrected chi connectivity index (χ3v) is 11.4. The zero-order valence-electron chi connectivity index (χ0n) is 44.4. The molecule has 4 rings (SSSR count). The number of hydrogen-bond donors (Lipinski definition) is 6. The molecule has 72 heavy (non-hydrogen) atoms. The molecule has 2 aliphatic carbocycles. The largest absolute Gasteiger partial charge is 1.00 e. The van der Waals surface area contributed by atoms with Crippen LogP contribution in [-0.4, -0.2) is 188 Å². The monoisotopic (exact) mass is 1050 g/mol. The molecule has 410 valence electrons. The number of carbonyl (C=O) groups is 6. The first-order valence-corrected chi connectivity index (χ1v) is 24.5. The fourth-order valence-electron chi connectivity index (χ4n) is 8.78. The molecular formula is C49H88KN7O15. The van der Waals surface area contributed by atoms with Crippen molar-refractivity contribution in [2.24, 2.45) is 0 Å². The maximum absolute atomic E-state index is 12.7. The fourth-order valence-corrected chi connectivity index (χ4v) is 8.78. The number of carboxylic acid groups (broad SMARTS) is 1. The Morgan fingerprint density at radius 3 is 1.38 bits per heavy atom. The number of hydrogen-bond acceptors (Lipinski definition) is 16. The van der Waals surface area contributed by atoms with Gasteiger partial charge in [0, 0.05) is 64.1 Å². The molecular weight excluding hydrogens is 966 g/mol. The van der Waals surface area contributed by atoms with Gasteiger partial charge >= 0.3 is 75.5 Å². The Labute approximate surface area is 470 Å². The summed E-state index contributed by atoms with van der Waals surface area (Å²) in [5.74, 6) is 2.82. The third-order valence-electron chi connectivity index (χ3n) is 11.4. The summed E-state index contributed by atoms with van der Waals surface area (Å²) in [5.41, 5.74) is -0.715. The Morgan fingerprint density at radius 2 is 1.03 bits per heavy atom. The van der Waals surface area contributed by atoms with Gasteiger partial charge in [0.05, 0.1) is 81.5 Å². The molecule has 8 atom stereocenters. The number of ether oxygens (including phenoxy) is 7. The van der Waals surface area contributed by atoms with E-state index >= 15 is 0 Å². The van der Waals surface area contributed by atoms with E-state index in [-0.39, 0.29) is 114 Å². The van der Waals surface area contributed by atoms with Crippen molar-refractivity contribution in [3.05, 3.63) is 29.2 Å². The van der Waals surface area contributed by atoms with Crippen molar-refractivity contribution in [3.63, 3.8) is 0 Å². The second kappa shape index (κ2) is 35.5. The Bertz CT molecular complexity index is 1730. The topological polar surface area (TPSA) is 286 Å². The van der Waals surface area contributed by atoms with Crippen LogP contribution in [0.1, 0.15) is 122 Å². The summed E-state index contributed by atoms with van der Waals surface area (Å²) >= 11 is 0. The van der Waals surface area contributed by atoms with Crippen LogP contribution in [0.4, 0.5) is 9.59 Å². The molecule has 4 aliphatic rings. The van der Waals surface area contributed by atoms with E-state index in [1.165, 1.54) is 13.8 Å². The number of nitrogens with one attached hydrogen (secondary N) is 5. The summed E-state index contributed by atoms with van der Waals surface area (Å²) in [6.07, 6.45) is 6.23. The standard InChI is InChI=1S/C25H43N3O7.C23H39N3O7.CH4.K.H2NO/c1-7-32-12-13-34-19-10-9-11-28(16-19)21-15-18(23(30)33-8-2)14-20(22(21)26-17(3)29)27-24(31)35-25(4,5)6;1-6-31-10-11-32-17-8-7-9-26(14-17)19-13-16(21(28)29)12-18(20(19)24-15(2)27)25-22(30)33-23(3,4)5;;;1-2/h15,19-22H,7-14,16H2,1-6H3,(H,26,29)(H,27,31);13,17-20H,6-12,14H2,1-5H3,(H,24,27)(H,25,30)(H,28,29);1H4;;1-2H/q;;;+1;-1/t19-,20-,21+,22+;17-,18-,19+,20+;;;/m00.../s1. The summed E-state index contributed by atoms with van der Waals surface area (Å²) < 4.78 is 38.8. The second-order valence-electron chi connectivity index (χ2n) is 19.4. The maximum Gasteiger partial charge on any atom is 1.00 e. The normalized spacial score (nSPS) is 24.5. The zero-order valence-corrected chi connectivity index (χ0v) is 47.5. The molecule has 2 saturated heterocycles. The van der Waals surface area contributed by atoms with Gasteiger partial charge < -0.3 is 70.6 Å². The van der Waals surface area contributed by atoms with Gasteiger partial charge in [0.15, 0.2) is 0 Å². The molecule has 2 heterocycles. The van der Waals surface area contributed by atoms with Gasteiger partial charge in [-0.05, 0) is 101 Å². The SMILES string of the molecule is C.CCOCCO[C@H]1CCCN([C@@H]2C=C(C(=O)O)C[C@H](NC(=O)OC(C)(C)C)[C@H]2NC(C)=O)C1.CCOCCO[C@H]1CCCN([C@@H]2C=C(C(=O)OCC)C[C@H](NC(=O)OC(C)(C)C)[C@H]2NC(C)=O)C1.[K+].[NH-]O. The van der Waals surface area contributed by atoms with Crippen LogP contribution in [0.5, 0.6) is 0 Å². The number of carboxylic acids is 1. The molecule has 0 aromatic carbocycles. The molecule has 0 unspecified atom stereocenters. The van der Waals surface area contributed by atoms with Crippen LogP contribution in [0.15, 0.2) is 23.3 Å². The number of esters is 1. The first kappa shape index (κ1) is 69.2. The number of alkyl carbamates (subject to hydrolysis) is 2. The van der Waals surface area contributed by atoms with E-state index in [2.05, 4.69) is 31.1 Å². The van der Waals surface area contributed by atoms with Crippen molar-refractivity contribution in [2.45, 2.75) is 182 Å². The molecule has 0 spiro atoms. The number of piperidine rings is 2. The Balaban J connectivity index is 0.00000132. The summed E-state index contributed by atoms with van der Waals surface area (Å²) in [4.78, 5) is 78.2. The van der Waals surface area contributed by atoms with Crippen molar-refractivity contribution in [1.29, 1.82) is 0 Å². The molecule has 23 heteroatoms. The predicted molar refractivity (Wildman–Crippen MR) is 266 cm³/mol. The maximum atomic E-state index is 12.7. The van der Waals surface area contributed by atoms with Gasteiger partial charge in [-0.2, -0.15) is 0 Å². The number of amides is 4. The van der Waals surface area contributed by atoms with E-state index in [9.17, 15) is 33.9 Å². The minimum atomic E-state index is -1.04. The van der Waals surface area contributed by atoms with Crippen LogP contribution in [0.25, 0.3) is 5.90 Å².